The SMILES string of the molecule is CCCc1noc([C@@H](N)CCc2ccccc2)n1. The fraction of sp³-hybridized carbons (Fsp3) is 0.429. The summed E-state index contributed by atoms with van der Waals surface area (Å²) in [5.41, 5.74) is 7.34. The van der Waals surface area contributed by atoms with E-state index in [0.29, 0.717) is 5.89 Å². The predicted octanol–water partition coefficient (Wildman–Crippen LogP) is 2.65. The van der Waals surface area contributed by atoms with E-state index in [-0.39, 0.29) is 6.04 Å². The molecule has 2 N–H and O–H groups in total. The first-order valence-corrected chi connectivity index (χ1v) is 6.41. The maximum absolute atomic E-state index is 6.06. The molecule has 0 unspecified atom stereocenters. The highest BCUT2D eigenvalue weighted by Crippen LogP contribution is 2.15. The Bertz CT molecular complexity index is 467. The van der Waals surface area contributed by atoms with Gasteiger partial charge in [-0.15, -0.1) is 0 Å². The van der Waals surface area contributed by atoms with Crippen molar-refractivity contribution < 1.29 is 4.52 Å². The monoisotopic (exact) mass is 245 g/mol. The number of aromatic nitrogens is 2. The zero-order valence-corrected chi connectivity index (χ0v) is 10.7. The van der Waals surface area contributed by atoms with Crippen LogP contribution in [0.4, 0.5) is 0 Å². The molecule has 18 heavy (non-hydrogen) atoms. The molecule has 0 aliphatic heterocycles. The number of nitrogens with zero attached hydrogens (tertiary/aromatic N) is 2. The van der Waals surface area contributed by atoms with Gasteiger partial charge in [0.1, 0.15) is 0 Å². The van der Waals surface area contributed by atoms with Crippen molar-refractivity contribution in [1.29, 1.82) is 0 Å². The summed E-state index contributed by atoms with van der Waals surface area (Å²) in [5.74, 6) is 1.30. The number of hydrogen-bond acceptors (Lipinski definition) is 4. The number of rotatable bonds is 6. The van der Waals surface area contributed by atoms with Gasteiger partial charge in [0.15, 0.2) is 5.82 Å². The van der Waals surface area contributed by atoms with Crippen molar-refractivity contribution in [3.63, 3.8) is 0 Å². The molecular formula is C14H19N3O. The Morgan fingerprint density at radius 1 is 1.22 bits per heavy atom. The second-order valence-corrected chi connectivity index (χ2v) is 4.43. The molecule has 1 aromatic heterocycles. The highest BCUT2D eigenvalue weighted by molar-refractivity contribution is 5.15. The van der Waals surface area contributed by atoms with Gasteiger partial charge in [-0.3, -0.25) is 0 Å². The number of aryl methyl sites for hydroxylation is 2. The Morgan fingerprint density at radius 2 is 2.00 bits per heavy atom. The van der Waals surface area contributed by atoms with Crippen LogP contribution in [0, 0.1) is 0 Å². The van der Waals surface area contributed by atoms with Crippen LogP contribution in [0.15, 0.2) is 34.9 Å². The van der Waals surface area contributed by atoms with Crippen LogP contribution in [0.25, 0.3) is 0 Å². The summed E-state index contributed by atoms with van der Waals surface area (Å²) < 4.78 is 5.18. The Balaban J connectivity index is 1.89. The van der Waals surface area contributed by atoms with Gasteiger partial charge >= 0.3 is 0 Å². The molecule has 1 aromatic carbocycles. The van der Waals surface area contributed by atoms with Crippen LogP contribution in [-0.4, -0.2) is 10.1 Å². The van der Waals surface area contributed by atoms with Crippen LogP contribution < -0.4 is 5.73 Å². The summed E-state index contributed by atoms with van der Waals surface area (Å²) in [4.78, 5) is 4.31. The molecule has 0 fully saturated rings. The smallest absolute Gasteiger partial charge is 0.243 e. The van der Waals surface area contributed by atoms with Crippen molar-refractivity contribution in [2.75, 3.05) is 0 Å². The standard InChI is InChI=1S/C14H19N3O/c1-2-6-13-16-14(18-17-13)12(15)10-9-11-7-4-3-5-8-11/h3-5,7-8,12H,2,6,9-10,15H2,1H3/t12-/m0/s1. The lowest BCUT2D eigenvalue weighted by Gasteiger charge is -2.06. The van der Waals surface area contributed by atoms with Crippen molar-refractivity contribution in [1.82, 2.24) is 10.1 Å². The van der Waals surface area contributed by atoms with Gasteiger partial charge in [0, 0.05) is 6.42 Å². The molecule has 2 rings (SSSR count). The second-order valence-electron chi connectivity index (χ2n) is 4.43. The number of benzene rings is 1. The number of nitrogens with two attached hydrogens (primary N) is 1. The highest BCUT2D eigenvalue weighted by Gasteiger charge is 2.14. The van der Waals surface area contributed by atoms with E-state index in [9.17, 15) is 0 Å². The molecule has 0 saturated carbocycles. The average molecular weight is 245 g/mol. The first-order valence-electron chi connectivity index (χ1n) is 6.41. The fourth-order valence-electron chi connectivity index (χ4n) is 1.83. The van der Waals surface area contributed by atoms with Gasteiger partial charge in [0.05, 0.1) is 6.04 Å². The molecule has 1 atom stereocenters. The minimum absolute atomic E-state index is 0.177. The Labute approximate surface area is 107 Å². The lowest BCUT2D eigenvalue weighted by molar-refractivity contribution is 0.345. The molecule has 0 aliphatic carbocycles. The van der Waals surface area contributed by atoms with E-state index in [4.69, 9.17) is 10.3 Å². The van der Waals surface area contributed by atoms with Crippen LogP contribution in [-0.2, 0) is 12.8 Å². The van der Waals surface area contributed by atoms with E-state index in [0.717, 1.165) is 31.5 Å². The zero-order valence-electron chi connectivity index (χ0n) is 10.7. The van der Waals surface area contributed by atoms with E-state index in [1.54, 1.807) is 0 Å². The molecule has 0 radical (unpaired) electrons. The van der Waals surface area contributed by atoms with E-state index in [1.165, 1.54) is 5.56 Å². The molecule has 4 heteroatoms. The van der Waals surface area contributed by atoms with Crippen LogP contribution in [0.2, 0.25) is 0 Å². The molecule has 1 heterocycles. The lowest BCUT2D eigenvalue weighted by Crippen LogP contribution is -2.11. The first kappa shape index (κ1) is 12.8. The van der Waals surface area contributed by atoms with Gasteiger partial charge in [-0.05, 0) is 24.8 Å². The quantitative estimate of drug-likeness (QED) is 0.849. The van der Waals surface area contributed by atoms with Crippen LogP contribution >= 0.6 is 0 Å². The van der Waals surface area contributed by atoms with Gasteiger partial charge in [-0.2, -0.15) is 4.98 Å². The van der Waals surface area contributed by atoms with Gasteiger partial charge in [-0.25, -0.2) is 0 Å². The largest absolute Gasteiger partial charge is 0.338 e. The molecule has 0 aliphatic rings. The molecule has 0 saturated heterocycles. The second kappa shape index (κ2) is 6.31. The minimum Gasteiger partial charge on any atom is -0.338 e. The highest BCUT2D eigenvalue weighted by atomic mass is 16.5. The van der Waals surface area contributed by atoms with E-state index in [2.05, 4.69) is 29.2 Å². The number of hydrogen-bond donors (Lipinski definition) is 1. The van der Waals surface area contributed by atoms with Crippen LogP contribution in [0.5, 0.6) is 0 Å². The van der Waals surface area contributed by atoms with Crippen molar-refractivity contribution in [2.45, 2.75) is 38.6 Å². The fourth-order valence-corrected chi connectivity index (χ4v) is 1.83. The molecule has 2 aromatic rings. The third-order valence-corrected chi connectivity index (χ3v) is 2.86. The van der Waals surface area contributed by atoms with Gasteiger partial charge in [-0.1, -0.05) is 42.4 Å². The Kier molecular flexibility index (Phi) is 4.47. The third-order valence-electron chi connectivity index (χ3n) is 2.86. The zero-order chi connectivity index (χ0) is 12.8. The minimum atomic E-state index is -0.177. The topological polar surface area (TPSA) is 64.9 Å². The van der Waals surface area contributed by atoms with Gasteiger partial charge in [0.25, 0.3) is 0 Å². The maximum Gasteiger partial charge on any atom is 0.243 e. The summed E-state index contributed by atoms with van der Waals surface area (Å²) in [6, 6.07) is 10.1. The van der Waals surface area contributed by atoms with Crippen molar-refractivity contribution in [3.8, 4) is 0 Å². The molecule has 96 valence electrons. The summed E-state index contributed by atoms with van der Waals surface area (Å²) in [7, 11) is 0. The van der Waals surface area contributed by atoms with E-state index < -0.39 is 0 Å². The Hall–Kier alpha value is -1.68. The predicted molar refractivity (Wildman–Crippen MR) is 70.0 cm³/mol. The van der Waals surface area contributed by atoms with Gasteiger partial charge < -0.3 is 10.3 Å². The molecule has 0 amide bonds. The molecule has 4 nitrogen and oxygen atoms in total. The van der Waals surface area contributed by atoms with Gasteiger partial charge in [0.2, 0.25) is 5.89 Å². The summed E-state index contributed by atoms with van der Waals surface area (Å²) in [5, 5.41) is 3.92. The normalized spacial score (nSPS) is 12.6. The van der Waals surface area contributed by atoms with E-state index in [1.807, 2.05) is 18.2 Å². The van der Waals surface area contributed by atoms with Crippen LogP contribution in [0.1, 0.15) is 43.1 Å². The average Bonchev–Trinajstić information content (AvgIpc) is 2.86. The van der Waals surface area contributed by atoms with Crippen molar-refractivity contribution >= 4 is 0 Å². The lowest BCUT2D eigenvalue weighted by atomic mass is 10.1. The summed E-state index contributed by atoms with van der Waals surface area (Å²) in [6.07, 6.45) is 3.60. The Morgan fingerprint density at radius 3 is 2.72 bits per heavy atom. The van der Waals surface area contributed by atoms with Crippen molar-refractivity contribution in [2.24, 2.45) is 5.73 Å². The maximum atomic E-state index is 6.06. The summed E-state index contributed by atoms with van der Waals surface area (Å²) in [6.45, 7) is 2.09. The third kappa shape index (κ3) is 3.40. The van der Waals surface area contributed by atoms with E-state index >= 15 is 0 Å². The van der Waals surface area contributed by atoms with Crippen molar-refractivity contribution in [3.05, 3.63) is 47.6 Å². The van der Waals surface area contributed by atoms with Crippen LogP contribution in [0.3, 0.4) is 0 Å². The molecule has 0 spiro atoms. The molecular weight excluding hydrogens is 226 g/mol. The summed E-state index contributed by atoms with van der Waals surface area (Å²) >= 11 is 0. The first-order chi connectivity index (χ1) is 8.79. The molecule has 0 bridgehead atoms.